The van der Waals surface area contributed by atoms with Crippen molar-refractivity contribution in [3.63, 3.8) is 0 Å². The van der Waals surface area contributed by atoms with Gasteiger partial charge >= 0.3 is 0 Å². The smallest absolute Gasteiger partial charge is 0.267 e. The second-order valence-electron chi connectivity index (χ2n) is 9.54. The first-order valence-electron chi connectivity index (χ1n) is 12.7. The minimum Gasteiger partial charge on any atom is -0.325 e. The Kier molecular flexibility index (Phi) is 7.58. The zero-order valence-electron chi connectivity index (χ0n) is 20.8. The molecular weight excluding hydrogens is 486 g/mol. The molecule has 1 aliphatic rings. The number of carbonyl (C=O) groups is 1. The molecule has 0 bridgehead atoms. The maximum absolute atomic E-state index is 13.8. The van der Waals surface area contributed by atoms with Crippen molar-refractivity contribution in [3.8, 4) is 5.69 Å². The Hall–Kier alpha value is -2.90. The molecular formula is C29H31N3O2S2. The van der Waals surface area contributed by atoms with Crippen LogP contribution in [-0.2, 0) is 24.1 Å². The van der Waals surface area contributed by atoms with Crippen molar-refractivity contribution in [2.45, 2.75) is 57.5 Å². The standard InChI is InChI=1S/C29H31N3O2S2/c1-3-4-8-20-12-14-21(15-13-20)30-25(33)18-35-29-31-27-26(23-16-11-19(2)17-24(23)36-27)28(34)32(29)22-9-6-5-7-10-22/h5-7,9-10,12-15,19H,3-4,8,11,16-18H2,1-2H3,(H,30,33). The van der Waals surface area contributed by atoms with Gasteiger partial charge in [-0.3, -0.25) is 14.2 Å². The molecule has 2 aromatic heterocycles. The van der Waals surface area contributed by atoms with E-state index in [0.717, 1.165) is 60.1 Å². The quantitative estimate of drug-likeness (QED) is 0.210. The molecule has 0 spiro atoms. The second-order valence-corrected chi connectivity index (χ2v) is 11.6. The first-order chi connectivity index (χ1) is 17.5. The van der Waals surface area contributed by atoms with E-state index in [0.29, 0.717) is 11.1 Å². The van der Waals surface area contributed by atoms with Crippen LogP contribution >= 0.6 is 23.1 Å². The zero-order chi connectivity index (χ0) is 25.1. The van der Waals surface area contributed by atoms with Gasteiger partial charge in [-0.1, -0.05) is 62.4 Å². The van der Waals surface area contributed by atoms with Gasteiger partial charge in [-0.25, -0.2) is 4.98 Å². The highest BCUT2D eigenvalue weighted by Crippen LogP contribution is 2.37. The van der Waals surface area contributed by atoms with Crippen molar-refractivity contribution in [1.29, 1.82) is 0 Å². The van der Waals surface area contributed by atoms with Gasteiger partial charge in [0.05, 0.1) is 16.8 Å². The van der Waals surface area contributed by atoms with E-state index in [1.54, 1.807) is 15.9 Å². The highest BCUT2D eigenvalue weighted by atomic mass is 32.2. The number of thiophene rings is 1. The minimum atomic E-state index is -0.116. The minimum absolute atomic E-state index is 0.0381. The summed E-state index contributed by atoms with van der Waals surface area (Å²) in [5.74, 6) is 0.680. The summed E-state index contributed by atoms with van der Waals surface area (Å²) in [7, 11) is 0. The van der Waals surface area contributed by atoms with E-state index in [2.05, 4.69) is 31.3 Å². The van der Waals surface area contributed by atoms with Crippen LogP contribution in [0.25, 0.3) is 15.9 Å². The summed E-state index contributed by atoms with van der Waals surface area (Å²) in [4.78, 5) is 33.6. The van der Waals surface area contributed by atoms with Crippen molar-refractivity contribution < 1.29 is 4.79 Å². The number of nitrogens with one attached hydrogen (secondary N) is 1. The first kappa shape index (κ1) is 24.8. The van der Waals surface area contributed by atoms with Gasteiger partial charge in [-0.2, -0.15) is 0 Å². The third kappa shape index (κ3) is 5.27. The van der Waals surface area contributed by atoms with E-state index in [1.807, 2.05) is 42.5 Å². The molecule has 2 aromatic carbocycles. The van der Waals surface area contributed by atoms with Crippen LogP contribution in [0.15, 0.2) is 64.5 Å². The molecule has 5 nitrogen and oxygen atoms in total. The van der Waals surface area contributed by atoms with Gasteiger partial charge in [0.2, 0.25) is 5.91 Å². The fourth-order valence-electron chi connectivity index (χ4n) is 4.74. The molecule has 1 N–H and O–H groups in total. The van der Waals surface area contributed by atoms with E-state index < -0.39 is 0 Å². The fraction of sp³-hybridized carbons (Fsp3) is 0.345. The lowest BCUT2D eigenvalue weighted by Crippen LogP contribution is -2.23. The van der Waals surface area contributed by atoms with Crippen molar-refractivity contribution in [2.75, 3.05) is 11.1 Å². The number of benzene rings is 2. The van der Waals surface area contributed by atoms with Gasteiger partial charge in [0.25, 0.3) is 5.56 Å². The molecule has 0 saturated carbocycles. The van der Waals surface area contributed by atoms with Crippen LogP contribution in [0.4, 0.5) is 5.69 Å². The van der Waals surface area contributed by atoms with Crippen molar-refractivity contribution in [3.05, 3.63) is 81.0 Å². The van der Waals surface area contributed by atoms with E-state index >= 15 is 0 Å². The lowest BCUT2D eigenvalue weighted by atomic mass is 9.89. The van der Waals surface area contributed by atoms with Crippen LogP contribution in [0.3, 0.4) is 0 Å². The van der Waals surface area contributed by atoms with Gasteiger partial charge in [-0.05, 0) is 73.4 Å². The number of aryl methyl sites for hydroxylation is 2. The van der Waals surface area contributed by atoms with Crippen molar-refractivity contribution >= 4 is 44.9 Å². The van der Waals surface area contributed by atoms with Gasteiger partial charge in [-0.15, -0.1) is 11.3 Å². The Bertz CT molecular complexity index is 1430. The Balaban J connectivity index is 1.41. The Labute approximate surface area is 220 Å². The molecule has 4 aromatic rings. The maximum Gasteiger partial charge on any atom is 0.267 e. The van der Waals surface area contributed by atoms with Crippen LogP contribution in [0.1, 0.15) is 49.1 Å². The van der Waals surface area contributed by atoms with Crippen molar-refractivity contribution in [1.82, 2.24) is 9.55 Å². The number of hydrogen-bond acceptors (Lipinski definition) is 5. The number of hydrogen-bond donors (Lipinski definition) is 1. The number of fused-ring (bicyclic) bond motifs is 3. The molecule has 0 fully saturated rings. The van der Waals surface area contributed by atoms with Crippen molar-refractivity contribution in [2.24, 2.45) is 5.92 Å². The largest absolute Gasteiger partial charge is 0.325 e. The van der Waals surface area contributed by atoms with Gasteiger partial charge in [0.15, 0.2) is 5.16 Å². The molecule has 36 heavy (non-hydrogen) atoms. The molecule has 1 aliphatic carbocycles. The van der Waals surface area contributed by atoms with E-state index in [-0.39, 0.29) is 17.2 Å². The average molecular weight is 518 g/mol. The molecule has 1 unspecified atom stereocenters. The van der Waals surface area contributed by atoms with Crippen LogP contribution in [0, 0.1) is 5.92 Å². The number of amides is 1. The maximum atomic E-state index is 13.8. The monoisotopic (exact) mass is 517 g/mol. The summed E-state index contributed by atoms with van der Waals surface area (Å²) in [5.41, 5.74) is 3.97. The highest BCUT2D eigenvalue weighted by molar-refractivity contribution is 7.99. The number of nitrogens with zero attached hydrogens (tertiary/aromatic N) is 2. The van der Waals surface area contributed by atoms with E-state index in [4.69, 9.17) is 4.98 Å². The SMILES string of the molecule is CCCCc1ccc(NC(=O)CSc2nc3sc4c(c3c(=O)n2-c2ccccc2)CCC(C)C4)cc1. The lowest BCUT2D eigenvalue weighted by molar-refractivity contribution is -0.113. The summed E-state index contributed by atoms with van der Waals surface area (Å²) in [5, 5.41) is 4.28. The molecule has 0 radical (unpaired) electrons. The number of anilines is 1. The summed E-state index contributed by atoms with van der Waals surface area (Å²) in [6.07, 6.45) is 6.40. The molecule has 7 heteroatoms. The number of aromatic nitrogens is 2. The summed E-state index contributed by atoms with van der Waals surface area (Å²) in [6.45, 7) is 4.45. The normalized spacial score (nSPS) is 15.1. The molecule has 1 amide bonds. The predicted molar refractivity (Wildman–Crippen MR) is 151 cm³/mol. The van der Waals surface area contributed by atoms with Gasteiger partial charge in [0, 0.05) is 10.6 Å². The molecule has 1 atom stereocenters. The number of thioether (sulfide) groups is 1. The third-order valence-electron chi connectivity index (χ3n) is 6.70. The zero-order valence-corrected chi connectivity index (χ0v) is 22.4. The van der Waals surface area contributed by atoms with Gasteiger partial charge < -0.3 is 5.32 Å². The number of carbonyl (C=O) groups excluding carboxylic acids is 1. The third-order valence-corrected chi connectivity index (χ3v) is 8.79. The number of para-hydroxylation sites is 1. The highest BCUT2D eigenvalue weighted by Gasteiger charge is 2.25. The Morgan fingerprint density at radius 1 is 1.17 bits per heavy atom. The average Bonchev–Trinajstić information content (AvgIpc) is 3.25. The second kappa shape index (κ2) is 11.0. The van der Waals surface area contributed by atoms with E-state index in [9.17, 15) is 9.59 Å². The fourth-order valence-corrected chi connectivity index (χ4v) is 6.97. The predicted octanol–water partition coefficient (Wildman–Crippen LogP) is 6.65. The van der Waals surface area contributed by atoms with Crippen LogP contribution < -0.4 is 10.9 Å². The van der Waals surface area contributed by atoms with Gasteiger partial charge in [0.1, 0.15) is 4.83 Å². The number of rotatable bonds is 8. The molecule has 186 valence electrons. The Morgan fingerprint density at radius 3 is 2.69 bits per heavy atom. The summed E-state index contributed by atoms with van der Waals surface area (Å²) >= 11 is 2.95. The lowest BCUT2D eigenvalue weighted by Gasteiger charge is -2.17. The topological polar surface area (TPSA) is 64.0 Å². The molecule has 2 heterocycles. The van der Waals surface area contributed by atoms with Crippen LogP contribution in [-0.4, -0.2) is 21.2 Å². The van der Waals surface area contributed by atoms with E-state index in [1.165, 1.54) is 27.8 Å². The molecule has 5 rings (SSSR count). The number of unbranched alkanes of at least 4 members (excludes halogenated alkanes) is 1. The summed E-state index contributed by atoms with van der Waals surface area (Å²) < 4.78 is 1.67. The van der Waals surface area contributed by atoms with Crippen LogP contribution in [0.5, 0.6) is 0 Å². The molecule has 0 aliphatic heterocycles. The summed E-state index contributed by atoms with van der Waals surface area (Å²) in [6, 6.07) is 17.6. The Morgan fingerprint density at radius 2 is 1.94 bits per heavy atom. The van der Waals surface area contributed by atoms with Crippen LogP contribution in [0.2, 0.25) is 0 Å². The molecule has 0 saturated heterocycles. The first-order valence-corrected chi connectivity index (χ1v) is 14.5.